The Kier molecular flexibility index (Phi) is 6.84. The first-order valence-corrected chi connectivity index (χ1v) is 11.1. The van der Waals surface area contributed by atoms with E-state index in [0.29, 0.717) is 24.3 Å². The fraction of sp³-hybridized carbons (Fsp3) is 0.500. The van der Waals surface area contributed by atoms with Crippen molar-refractivity contribution in [2.24, 2.45) is 4.99 Å². The average Bonchev–Trinajstić information content (AvgIpc) is 2.78. The molecule has 0 aliphatic carbocycles. The second-order valence-electron chi connectivity index (χ2n) is 8.14. The predicted octanol–water partition coefficient (Wildman–Crippen LogP) is 4.21. The highest BCUT2D eigenvalue weighted by Gasteiger charge is 2.25. The lowest BCUT2D eigenvalue weighted by Gasteiger charge is -2.38. The largest absolute Gasteiger partial charge is 0.490 e. The van der Waals surface area contributed by atoms with Crippen molar-refractivity contribution in [1.29, 1.82) is 0 Å². The second-order valence-corrected chi connectivity index (χ2v) is 8.14. The molecule has 1 aromatic carbocycles. The summed E-state index contributed by atoms with van der Waals surface area (Å²) in [6, 6.07) is 12.4. The Morgan fingerprint density at radius 3 is 2.50 bits per heavy atom. The number of nitrogens with zero attached hydrogens (tertiary/aromatic N) is 4. The van der Waals surface area contributed by atoms with Gasteiger partial charge in [0.15, 0.2) is 11.5 Å². The zero-order valence-electron chi connectivity index (χ0n) is 18.1. The molecule has 0 N–H and O–H groups in total. The third-order valence-electron chi connectivity index (χ3n) is 5.73. The van der Waals surface area contributed by atoms with Gasteiger partial charge in [0.25, 0.3) is 0 Å². The highest BCUT2D eigenvalue weighted by molar-refractivity contribution is 6.00. The number of aromatic nitrogens is 1. The van der Waals surface area contributed by atoms with Crippen LogP contribution in [0.3, 0.4) is 0 Å². The number of hydrogen-bond donors (Lipinski definition) is 0. The first kappa shape index (κ1) is 20.7. The van der Waals surface area contributed by atoms with Crippen LogP contribution in [0.25, 0.3) is 0 Å². The topological polar surface area (TPSA) is 50.2 Å². The van der Waals surface area contributed by atoms with E-state index in [4.69, 9.17) is 14.5 Å². The van der Waals surface area contributed by atoms with E-state index in [9.17, 15) is 0 Å². The smallest absolute Gasteiger partial charge is 0.230 e. The monoisotopic (exact) mass is 408 g/mol. The second kappa shape index (κ2) is 9.94. The van der Waals surface area contributed by atoms with Gasteiger partial charge in [-0.05, 0) is 57.4 Å². The molecule has 30 heavy (non-hydrogen) atoms. The van der Waals surface area contributed by atoms with Gasteiger partial charge in [-0.15, -0.1) is 0 Å². The molecule has 6 heteroatoms. The van der Waals surface area contributed by atoms with Crippen molar-refractivity contribution in [3.05, 3.63) is 48.2 Å². The molecule has 2 aliphatic rings. The molecule has 160 valence electrons. The van der Waals surface area contributed by atoms with Crippen molar-refractivity contribution in [3.63, 3.8) is 0 Å². The van der Waals surface area contributed by atoms with Gasteiger partial charge in [-0.2, -0.15) is 0 Å². The summed E-state index contributed by atoms with van der Waals surface area (Å²) in [6.07, 6.45) is 4.93. The SMILES string of the molecule is CC(C)N1CCN(C2=NCCCCCOc3ccccc3Oc3ncccc32)CC1. The molecular weight excluding hydrogens is 376 g/mol. The summed E-state index contributed by atoms with van der Waals surface area (Å²) in [5.74, 6) is 3.04. The van der Waals surface area contributed by atoms with Gasteiger partial charge in [0.1, 0.15) is 5.84 Å². The minimum Gasteiger partial charge on any atom is -0.490 e. The molecule has 0 atom stereocenters. The molecule has 1 aromatic heterocycles. The first-order chi connectivity index (χ1) is 14.7. The number of pyridine rings is 1. The van der Waals surface area contributed by atoms with Crippen LogP contribution in [0.15, 0.2) is 47.6 Å². The van der Waals surface area contributed by atoms with Crippen LogP contribution in [0.1, 0.15) is 38.7 Å². The molecule has 2 aliphatic heterocycles. The molecule has 0 unspecified atom stereocenters. The summed E-state index contributed by atoms with van der Waals surface area (Å²) in [4.78, 5) is 14.5. The van der Waals surface area contributed by atoms with Crippen LogP contribution in [-0.4, -0.2) is 66.0 Å². The Balaban J connectivity index is 1.66. The van der Waals surface area contributed by atoms with E-state index < -0.39 is 0 Å². The number of hydrogen-bond acceptors (Lipinski definition) is 6. The molecule has 2 aromatic rings. The number of amidine groups is 1. The summed E-state index contributed by atoms with van der Waals surface area (Å²) in [6.45, 7) is 10.0. The van der Waals surface area contributed by atoms with Crippen LogP contribution < -0.4 is 9.47 Å². The van der Waals surface area contributed by atoms with Gasteiger partial charge in [-0.1, -0.05) is 12.1 Å². The Hall–Kier alpha value is -2.60. The van der Waals surface area contributed by atoms with E-state index in [0.717, 1.165) is 69.1 Å². The third kappa shape index (κ3) is 4.93. The maximum atomic E-state index is 6.28. The van der Waals surface area contributed by atoms with Crippen LogP contribution in [0.5, 0.6) is 17.4 Å². The maximum Gasteiger partial charge on any atom is 0.230 e. The maximum absolute atomic E-state index is 6.28. The number of benzene rings is 1. The van der Waals surface area contributed by atoms with Crippen LogP contribution in [0, 0.1) is 0 Å². The van der Waals surface area contributed by atoms with Gasteiger partial charge in [0.2, 0.25) is 5.88 Å². The Morgan fingerprint density at radius 2 is 1.70 bits per heavy atom. The molecular formula is C24H32N4O2. The molecule has 0 spiro atoms. The minimum absolute atomic E-state index is 0.572. The molecule has 1 fully saturated rings. The van der Waals surface area contributed by atoms with Gasteiger partial charge in [0, 0.05) is 45.0 Å². The molecule has 3 heterocycles. The first-order valence-electron chi connectivity index (χ1n) is 11.1. The van der Waals surface area contributed by atoms with Gasteiger partial charge in [-0.3, -0.25) is 9.89 Å². The molecule has 0 bridgehead atoms. The minimum atomic E-state index is 0.572. The quantitative estimate of drug-likeness (QED) is 0.708. The summed E-state index contributed by atoms with van der Waals surface area (Å²) in [5, 5.41) is 0. The lowest BCUT2D eigenvalue weighted by Crippen LogP contribution is -2.51. The molecule has 0 saturated carbocycles. The summed E-state index contributed by atoms with van der Waals surface area (Å²) in [5.41, 5.74) is 0.949. The number of fused-ring (bicyclic) bond motifs is 2. The van der Waals surface area contributed by atoms with Crippen molar-refractivity contribution < 1.29 is 9.47 Å². The fourth-order valence-electron chi connectivity index (χ4n) is 3.96. The van der Waals surface area contributed by atoms with E-state index in [2.05, 4.69) is 34.7 Å². The van der Waals surface area contributed by atoms with Gasteiger partial charge >= 0.3 is 0 Å². The fourth-order valence-corrected chi connectivity index (χ4v) is 3.96. The lowest BCUT2D eigenvalue weighted by molar-refractivity contribution is 0.148. The van der Waals surface area contributed by atoms with Crippen molar-refractivity contribution in [1.82, 2.24) is 14.8 Å². The van der Waals surface area contributed by atoms with Crippen molar-refractivity contribution in [2.45, 2.75) is 39.2 Å². The zero-order valence-corrected chi connectivity index (χ0v) is 18.1. The highest BCUT2D eigenvalue weighted by Crippen LogP contribution is 2.33. The molecule has 0 radical (unpaired) electrons. The third-order valence-corrected chi connectivity index (χ3v) is 5.73. The van der Waals surface area contributed by atoms with Crippen molar-refractivity contribution in [3.8, 4) is 17.4 Å². The molecule has 4 rings (SSSR count). The van der Waals surface area contributed by atoms with Crippen LogP contribution >= 0.6 is 0 Å². The highest BCUT2D eigenvalue weighted by atomic mass is 16.5. The summed E-state index contributed by atoms with van der Waals surface area (Å²) < 4.78 is 12.3. The van der Waals surface area contributed by atoms with E-state index in [1.165, 1.54) is 0 Å². The van der Waals surface area contributed by atoms with Crippen LogP contribution in [-0.2, 0) is 0 Å². The van der Waals surface area contributed by atoms with Crippen molar-refractivity contribution in [2.75, 3.05) is 39.3 Å². The van der Waals surface area contributed by atoms with E-state index in [-0.39, 0.29) is 0 Å². The van der Waals surface area contributed by atoms with Crippen LogP contribution in [0.4, 0.5) is 0 Å². The Labute approximate surface area is 179 Å². The summed E-state index contributed by atoms with van der Waals surface area (Å²) >= 11 is 0. The number of rotatable bonds is 1. The van der Waals surface area contributed by atoms with Gasteiger partial charge in [0.05, 0.1) is 12.2 Å². The predicted molar refractivity (Wildman–Crippen MR) is 120 cm³/mol. The van der Waals surface area contributed by atoms with Gasteiger partial charge < -0.3 is 14.4 Å². The average molecular weight is 409 g/mol. The lowest BCUT2D eigenvalue weighted by atomic mass is 10.1. The van der Waals surface area contributed by atoms with Crippen molar-refractivity contribution >= 4 is 5.84 Å². The normalized spacial score (nSPS) is 18.6. The van der Waals surface area contributed by atoms with Gasteiger partial charge in [-0.25, -0.2) is 4.98 Å². The number of para-hydroxylation sites is 2. The number of ether oxygens (including phenoxy) is 2. The van der Waals surface area contributed by atoms with E-state index in [1.807, 2.05) is 30.3 Å². The standard InChI is InChI=1S/C24H32N4O2/c1-19(2)27-14-16-28(17-15-27)23-20-9-8-13-26-24(20)30-22-11-5-4-10-21(22)29-18-7-3-6-12-25-23/h4-5,8-11,13,19H,3,6-7,12,14-18H2,1-2H3. The number of piperazine rings is 1. The molecule has 0 amide bonds. The van der Waals surface area contributed by atoms with Crippen LogP contribution in [0.2, 0.25) is 0 Å². The molecule has 6 nitrogen and oxygen atoms in total. The number of aliphatic imine (C=N–C) groups is 1. The Morgan fingerprint density at radius 1 is 0.900 bits per heavy atom. The van der Waals surface area contributed by atoms with E-state index in [1.54, 1.807) is 6.20 Å². The molecule has 1 saturated heterocycles. The summed E-state index contributed by atoms with van der Waals surface area (Å²) in [7, 11) is 0. The van der Waals surface area contributed by atoms with E-state index >= 15 is 0 Å². The Bertz CT molecular complexity index is 860. The zero-order chi connectivity index (χ0) is 20.8.